The van der Waals surface area contributed by atoms with Crippen LogP contribution in [0.15, 0.2) is 47.4 Å². The van der Waals surface area contributed by atoms with Gasteiger partial charge in [0.05, 0.1) is 13.0 Å². The molecule has 2 aliphatic carbocycles. The minimum atomic E-state index is -0.0553. The van der Waals surface area contributed by atoms with E-state index < -0.39 is 0 Å². The smallest absolute Gasteiger partial charge is 0.310 e. The van der Waals surface area contributed by atoms with Crippen LogP contribution in [0.2, 0.25) is 0 Å². The second kappa shape index (κ2) is 4.81. The molecule has 0 heterocycles. The number of benzene rings is 1. The molecule has 0 N–H and O–H groups in total. The zero-order chi connectivity index (χ0) is 12.5. The molecule has 1 aromatic carbocycles. The number of rotatable bonds is 3. The molecule has 0 amide bonds. The molecule has 1 aromatic rings. The number of methoxy groups -OCH3 is 1. The van der Waals surface area contributed by atoms with Gasteiger partial charge in [0.25, 0.3) is 0 Å². The van der Waals surface area contributed by atoms with Crippen LogP contribution >= 0.6 is 11.8 Å². The van der Waals surface area contributed by atoms with Crippen molar-refractivity contribution >= 4 is 17.7 Å². The zero-order valence-corrected chi connectivity index (χ0v) is 11.1. The van der Waals surface area contributed by atoms with Crippen LogP contribution in [-0.4, -0.2) is 18.3 Å². The normalized spacial score (nSPS) is 32.7. The molecule has 4 atom stereocenters. The summed E-state index contributed by atoms with van der Waals surface area (Å²) in [6, 6.07) is 10.3. The molecule has 1 fully saturated rings. The Balaban J connectivity index is 1.82. The second-order valence-corrected chi connectivity index (χ2v) is 6.14. The van der Waals surface area contributed by atoms with E-state index in [2.05, 4.69) is 24.3 Å². The number of hydrogen-bond donors (Lipinski definition) is 0. The lowest BCUT2D eigenvalue weighted by atomic mass is 9.93. The molecule has 2 aliphatic rings. The lowest BCUT2D eigenvalue weighted by Crippen LogP contribution is -2.30. The first-order valence-electron chi connectivity index (χ1n) is 6.27. The Bertz CT molecular complexity index is 469. The molecular weight excluding hydrogens is 244 g/mol. The Morgan fingerprint density at radius 2 is 1.94 bits per heavy atom. The van der Waals surface area contributed by atoms with Crippen molar-refractivity contribution in [3.63, 3.8) is 0 Å². The Kier molecular flexibility index (Phi) is 3.16. The standard InChI is InChI=1S/C15H16O2S/c1-17-15(16)13-10-7-8-11(9-10)14(13)18-12-5-3-2-4-6-12/h2-8,10-11,13-14H,9H2,1H3/t10-,11-,13-,14+/m0/s1. The minimum Gasteiger partial charge on any atom is -0.469 e. The van der Waals surface area contributed by atoms with Crippen molar-refractivity contribution in [2.24, 2.45) is 17.8 Å². The number of allylic oxidation sites excluding steroid dienone is 2. The fraction of sp³-hybridized carbons (Fsp3) is 0.400. The van der Waals surface area contributed by atoms with E-state index in [0.29, 0.717) is 17.1 Å². The van der Waals surface area contributed by atoms with Gasteiger partial charge in [0, 0.05) is 10.1 Å². The molecule has 3 rings (SSSR count). The van der Waals surface area contributed by atoms with E-state index in [4.69, 9.17) is 4.74 Å². The van der Waals surface area contributed by atoms with Gasteiger partial charge in [-0.2, -0.15) is 0 Å². The molecule has 0 aromatic heterocycles. The number of fused-ring (bicyclic) bond motifs is 2. The fourth-order valence-electron chi connectivity index (χ4n) is 3.04. The molecule has 2 bridgehead atoms. The molecule has 0 aliphatic heterocycles. The van der Waals surface area contributed by atoms with E-state index in [0.717, 1.165) is 6.42 Å². The van der Waals surface area contributed by atoms with Gasteiger partial charge in [-0.1, -0.05) is 30.4 Å². The summed E-state index contributed by atoms with van der Waals surface area (Å²) >= 11 is 1.81. The molecule has 18 heavy (non-hydrogen) atoms. The lowest BCUT2D eigenvalue weighted by Gasteiger charge is -2.25. The van der Waals surface area contributed by atoms with Gasteiger partial charge < -0.3 is 4.74 Å². The van der Waals surface area contributed by atoms with E-state index in [-0.39, 0.29) is 11.9 Å². The topological polar surface area (TPSA) is 26.3 Å². The van der Waals surface area contributed by atoms with Crippen molar-refractivity contribution in [1.29, 1.82) is 0 Å². The van der Waals surface area contributed by atoms with Crippen LogP contribution in [0, 0.1) is 17.8 Å². The van der Waals surface area contributed by atoms with Crippen molar-refractivity contribution < 1.29 is 9.53 Å². The molecule has 94 valence electrons. The van der Waals surface area contributed by atoms with Crippen molar-refractivity contribution in [2.45, 2.75) is 16.6 Å². The second-order valence-electron chi connectivity index (χ2n) is 4.89. The van der Waals surface area contributed by atoms with Crippen LogP contribution in [0.25, 0.3) is 0 Å². The summed E-state index contributed by atoms with van der Waals surface area (Å²) in [4.78, 5) is 13.2. The first-order chi connectivity index (χ1) is 8.79. The van der Waals surface area contributed by atoms with E-state index in [1.54, 1.807) is 0 Å². The summed E-state index contributed by atoms with van der Waals surface area (Å²) in [6.45, 7) is 0. The molecule has 3 heteroatoms. The average Bonchev–Trinajstić information content (AvgIpc) is 3.00. The largest absolute Gasteiger partial charge is 0.469 e. The summed E-state index contributed by atoms with van der Waals surface area (Å²) in [5.41, 5.74) is 0. The van der Waals surface area contributed by atoms with Gasteiger partial charge in [-0.15, -0.1) is 11.8 Å². The number of hydrogen-bond acceptors (Lipinski definition) is 3. The maximum Gasteiger partial charge on any atom is 0.310 e. The molecule has 0 unspecified atom stereocenters. The third-order valence-electron chi connectivity index (χ3n) is 3.88. The van der Waals surface area contributed by atoms with Crippen molar-refractivity contribution in [3.05, 3.63) is 42.5 Å². The highest BCUT2D eigenvalue weighted by Crippen LogP contribution is 2.51. The first-order valence-corrected chi connectivity index (χ1v) is 7.15. The molecule has 0 spiro atoms. The van der Waals surface area contributed by atoms with E-state index in [9.17, 15) is 4.79 Å². The quantitative estimate of drug-likeness (QED) is 0.617. The van der Waals surface area contributed by atoms with E-state index in [1.165, 1.54) is 12.0 Å². The SMILES string of the molecule is COC(=O)[C@@H]1[C@H](Sc2ccccc2)[C@H]2C=C[C@H]1C2. The first kappa shape index (κ1) is 11.8. The van der Waals surface area contributed by atoms with Crippen LogP contribution in [0.4, 0.5) is 0 Å². The van der Waals surface area contributed by atoms with Gasteiger partial charge in [0.2, 0.25) is 0 Å². The van der Waals surface area contributed by atoms with Crippen molar-refractivity contribution in [2.75, 3.05) is 7.11 Å². The molecular formula is C15H16O2S. The van der Waals surface area contributed by atoms with Gasteiger partial charge in [0.15, 0.2) is 0 Å². The highest BCUT2D eigenvalue weighted by molar-refractivity contribution is 8.00. The van der Waals surface area contributed by atoms with E-state index >= 15 is 0 Å². The summed E-state index contributed by atoms with van der Waals surface area (Å²) < 4.78 is 4.97. The van der Waals surface area contributed by atoms with Gasteiger partial charge in [-0.25, -0.2) is 0 Å². The van der Waals surface area contributed by atoms with Crippen molar-refractivity contribution in [1.82, 2.24) is 0 Å². The van der Waals surface area contributed by atoms with E-state index in [1.807, 2.05) is 30.0 Å². The summed E-state index contributed by atoms with van der Waals surface area (Å²) in [7, 11) is 1.49. The van der Waals surface area contributed by atoms with Gasteiger partial charge in [0.1, 0.15) is 0 Å². The van der Waals surface area contributed by atoms with Crippen LogP contribution < -0.4 is 0 Å². The Labute approximate surface area is 111 Å². The van der Waals surface area contributed by atoms with Crippen LogP contribution in [0.5, 0.6) is 0 Å². The summed E-state index contributed by atoms with van der Waals surface area (Å²) in [5.74, 6) is 0.864. The average molecular weight is 260 g/mol. The molecule has 2 nitrogen and oxygen atoms in total. The zero-order valence-electron chi connectivity index (χ0n) is 10.3. The Morgan fingerprint density at radius 1 is 1.22 bits per heavy atom. The monoisotopic (exact) mass is 260 g/mol. The van der Waals surface area contributed by atoms with Gasteiger partial charge in [-0.05, 0) is 30.4 Å². The molecule has 0 saturated heterocycles. The number of thioether (sulfide) groups is 1. The lowest BCUT2D eigenvalue weighted by molar-refractivity contribution is -0.146. The number of carbonyl (C=O) groups is 1. The van der Waals surface area contributed by atoms with Gasteiger partial charge >= 0.3 is 5.97 Å². The molecule has 1 saturated carbocycles. The maximum atomic E-state index is 11.9. The highest BCUT2D eigenvalue weighted by Gasteiger charge is 2.49. The summed E-state index contributed by atoms with van der Waals surface area (Å²) in [6.07, 6.45) is 5.56. The van der Waals surface area contributed by atoms with Crippen LogP contribution in [0.3, 0.4) is 0 Å². The Hall–Kier alpha value is -1.22. The number of esters is 1. The molecule has 0 radical (unpaired) electrons. The highest BCUT2D eigenvalue weighted by atomic mass is 32.2. The predicted octanol–water partition coefficient (Wildman–Crippen LogP) is 3.14. The third kappa shape index (κ3) is 1.97. The predicted molar refractivity (Wildman–Crippen MR) is 72.3 cm³/mol. The fourth-order valence-corrected chi connectivity index (χ4v) is 4.50. The Morgan fingerprint density at radius 3 is 2.67 bits per heavy atom. The third-order valence-corrected chi connectivity index (χ3v) is 5.34. The maximum absolute atomic E-state index is 11.9. The van der Waals surface area contributed by atoms with Gasteiger partial charge in [-0.3, -0.25) is 4.79 Å². The number of ether oxygens (including phenoxy) is 1. The summed E-state index contributed by atoms with van der Waals surface area (Å²) in [5, 5.41) is 0.329. The van der Waals surface area contributed by atoms with Crippen LogP contribution in [-0.2, 0) is 9.53 Å². The van der Waals surface area contributed by atoms with Crippen LogP contribution in [0.1, 0.15) is 6.42 Å². The van der Waals surface area contributed by atoms with Crippen molar-refractivity contribution in [3.8, 4) is 0 Å². The number of carbonyl (C=O) groups excluding carboxylic acids is 1. The minimum absolute atomic E-state index is 0.0233.